The lowest BCUT2D eigenvalue weighted by Gasteiger charge is -2.19. The van der Waals surface area contributed by atoms with Crippen LogP contribution in [0.1, 0.15) is 34.4 Å². The number of rotatable bonds is 7. The molecule has 0 fully saturated rings. The van der Waals surface area contributed by atoms with Crippen molar-refractivity contribution in [2.45, 2.75) is 33.3 Å². The maximum atomic E-state index is 12.6. The fourth-order valence-electron chi connectivity index (χ4n) is 3.15. The predicted molar refractivity (Wildman–Crippen MR) is 104 cm³/mol. The molecule has 3 rings (SSSR count). The van der Waals surface area contributed by atoms with E-state index in [1.807, 2.05) is 0 Å². The van der Waals surface area contributed by atoms with Crippen molar-refractivity contribution >= 4 is 17.1 Å². The van der Waals surface area contributed by atoms with Gasteiger partial charge in [-0.25, -0.2) is 4.79 Å². The number of esters is 1. The molecule has 8 nitrogen and oxygen atoms in total. The number of halogens is 3. The number of benzene rings is 1. The van der Waals surface area contributed by atoms with Gasteiger partial charge in [-0.2, -0.15) is 4.98 Å². The molecule has 0 saturated carbocycles. The van der Waals surface area contributed by atoms with Crippen LogP contribution in [0, 0.1) is 6.92 Å². The summed E-state index contributed by atoms with van der Waals surface area (Å²) < 4.78 is 52.3. The molecule has 0 spiro atoms. The molecule has 0 bridgehead atoms. The standard InChI is InChI=1S/C20H20F3N3O5/c1-4-29-19(28)15-11(2)30-18-16(15)17(27)24-14(25-18)10-26(3)9-12-7-5-6-8-13(12)31-20(21,22)23/h5-8H,4,9-10H2,1-3H3,(H,24,25,27). The summed E-state index contributed by atoms with van der Waals surface area (Å²) in [5.74, 6) is -0.565. The summed E-state index contributed by atoms with van der Waals surface area (Å²) in [4.78, 5) is 33.2. The van der Waals surface area contributed by atoms with Crippen LogP contribution in [0.5, 0.6) is 5.75 Å². The highest BCUT2D eigenvalue weighted by atomic mass is 19.4. The first-order valence-electron chi connectivity index (χ1n) is 9.30. The Morgan fingerprint density at radius 1 is 1.26 bits per heavy atom. The molecular formula is C20H20F3N3O5. The van der Waals surface area contributed by atoms with E-state index in [4.69, 9.17) is 9.15 Å². The Morgan fingerprint density at radius 3 is 2.65 bits per heavy atom. The normalized spacial score (nSPS) is 11.8. The first-order chi connectivity index (χ1) is 14.6. The van der Waals surface area contributed by atoms with Crippen LogP contribution in [0.25, 0.3) is 11.1 Å². The minimum Gasteiger partial charge on any atom is -0.462 e. The highest BCUT2D eigenvalue weighted by Crippen LogP contribution is 2.27. The Labute approximate surface area is 174 Å². The Kier molecular flexibility index (Phi) is 6.34. The average molecular weight is 439 g/mol. The van der Waals surface area contributed by atoms with E-state index < -0.39 is 17.9 Å². The minimum atomic E-state index is -4.81. The molecule has 0 unspecified atom stereocenters. The van der Waals surface area contributed by atoms with Crippen molar-refractivity contribution in [2.75, 3.05) is 13.7 Å². The van der Waals surface area contributed by atoms with Crippen molar-refractivity contribution in [3.63, 3.8) is 0 Å². The van der Waals surface area contributed by atoms with Gasteiger partial charge in [-0.05, 0) is 27.0 Å². The summed E-state index contributed by atoms with van der Waals surface area (Å²) in [6.07, 6.45) is -4.81. The smallest absolute Gasteiger partial charge is 0.462 e. The number of aromatic nitrogens is 2. The number of hydrogen-bond acceptors (Lipinski definition) is 7. The van der Waals surface area contributed by atoms with Gasteiger partial charge in [-0.3, -0.25) is 9.69 Å². The number of carbonyl (C=O) groups is 1. The van der Waals surface area contributed by atoms with Crippen molar-refractivity contribution in [1.82, 2.24) is 14.9 Å². The van der Waals surface area contributed by atoms with Crippen LogP contribution < -0.4 is 10.3 Å². The third-order valence-electron chi connectivity index (χ3n) is 4.32. The molecule has 0 saturated heterocycles. The molecule has 0 amide bonds. The molecule has 166 valence electrons. The molecular weight excluding hydrogens is 419 g/mol. The maximum Gasteiger partial charge on any atom is 0.573 e. The predicted octanol–water partition coefficient (Wildman–Crippen LogP) is 3.53. The summed E-state index contributed by atoms with van der Waals surface area (Å²) in [5.41, 5.74) is -0.268. The molecule has 2 aromatic heterocycles. The number of aromatic amines is 1. The van der Waals surface area contributed by atoms with E-state index >= 15 is 0 Å². The molecule has 0 aliphatic carbocycles. The minimum absolute atomic E-state index is 0.00808. The van der Waals surface area contributed by atoms with Gasteiger partial charge in [0.05, 0.1) is 13.2 Å². The highest BCUT2D eigenvalue weighted by molar-refractivity contribution is 6.03. The lowest BCUT2D eigenvalue weighted by molar-refractivity contribution is -0.275. The molecule has 2 heterocycles. The zero-order chi connectivity index (χ0) is 22.8. The van der Waals surface area contributed by atoms with E-state index in [0.29, 0.717) is 5.56 Å². The molecule has 31 heavy (non-hydrogen) atoms. The first-order valence-corrected chi connectivity index (χ1v) is 9.30. The zero-order valence-electron chi connectivity index (χ0n) is 17.0. The van der Waals surface area contributed by atoms with Gasteiger partial charge < -0.3 is 18.9 Å². The number of nitrogens with one attached hydrogen (secondary N) is 1. The molecule has 3 aromatic rings. The fraction of sp³-hybridized carbons (Fsp3) is 0.350. The molecule has 0 radical (unpaired) electrons. The van der Waals surface area contributed by atoms with Gasteiger partial charge in [-0.1, -0.05) is 18.2 Å². The van der Waals surface area contributed by atoms with Crippen molar-refractivity contribution in [3.05, 3.63) is 57.3 Å². The summed E-state index contributed by atoms with van der Waals surface area (Å²) in [6.45, 7) is 3.50. The van der Waals surface area contributed by atoms with E-state index in [2.05, 4.69) is 14.7 Å². The van der Waals surface area contributed by atoms with Crippen molar-refractivity contribution in [1.29, 1.82) is 0 Å². The number of para-hydroxylation sites is 1. The maximum absolute atomic E-state index is 12.6. The van der Waals surface area contributed by atoms with E-state index in [1.165, 1.54) is 25.1 Å². The van der Waals surface area contributed by atoms with E-state index in [9.17, 15) is 22.8 Å². The Bertz CT molecular complexity index is 1150. The van der Waals surface area contributed by atoms with Crippen LogP contribution in [-0.4, -0.2) is 40.9 Å². The Balaban J connectivity index is 1.83. The average Bonchev–Trinajstić information content (AvgIpc) is 2.98. The van der Waals surface area contributed by atoms with Crippen molar-refractivity contribution in [3.8, 4) is 5.75 Å². The van der Waals surface area contributed by atoms with Crippen LogP contribution in [-0.2, 0) is 17.8 Å². The SMILES string of the molecule is CCOC(=O)c1c(C)oc2nc(CN(C)Cc3ccccc3OC(F)(F)F)[nH]c(=O)c12. The van der Waals surface area contributed by atoms with E-state index in [0.717, 1.165) is 0 Å². The van der Waals surface area contributed by atoms with Crippen molar-refractivity contribution in [2.24, 2.45) is 0 Å². The van der Waals surface area contributed by atoms with Gasteiger partial charge in [0.2, 0.25) is 5.71 Å². The summed E-state index contributed by atoms with van der Waals surface area (Å²) in [5, 5.41) is -0.00808. The van der Waals surface area contributed by atoms with Gasteiger partial charge >= 0.3 is 12.3 Å². The second-order valence-electron chi connectivity index (χ2n) is 6.77. The van der Waals surface area contributed by atoms with E-state index in [-0.39, 0.29) is 53.7 Å². The van der Waals surface area contributed by atoms with Crippen LogP contribution in [0.3, 0.4) is 0 Å². The van der Waals surface area contributed by atoms with Crippen LogP contribution in [0.4, 0.5) is 13.2 Å². The number of fused-ring (bicyclic) bond motifs is 1. The van der Waals surface area contributed by atoms with Crippen LogP contribution >= 0.6 is 0 Å². The van der Waals surface area contributed by atoms with Gasteiger partial charge in [0.25, 0.3) is 5.56 Å². The van der Waals surface area contributed by atoms with Crippen LogP contribution in [0.2, 0.25) is 0 Å². The van der Waals surface area contributed by atoms with Gasteiger partial charge in [0.15, 0.2) is 0 Å². The number of carbonyl (C=O) groups excluding carboxylic acids is 1. The quantitative estimate of drug-likeness (QED) is 0.563. The van der Waals surface area contributed by atoms with E-state index in [1.54, 1.807) is 24.9 Å². The lowest BCUT2D eigenvalue weighted by Crippen LogP contribution is -2.23. The number of hydrogen-bond donors (Lipinski definition) is 1. The second kappa shape index (κ2) is 8.80. The van der Waals surface area contributed by atoms with Crippen LogP contribution in [0.15, 0.2) is 33.5 Å². The summed E-state index contributed by atoms with van der Waals surface area (Å²) in [6, 6.07) is 5.78. The fourth-order valence-corrected chi connectivity index (χ4v) is 3.15. The number of aryl methyl sites for hydroxylation is 1. The summed E-state index contributed by atoms with van der Waals surface area (Å²) >= 11 is 0. The largest absolute Gasteiger partial charge is 0.573 e. The number of furan rings is 1. The Morgan fingerprint density at radius 2 is 1.97 bits per heavy atom. The molecule has 0 aliphatic heterocycles. The molecule has 0 aliphatic rings. The second-order valence-corrected chi connectivity index (χ2v) is 6.77. The van der Waals surface area contributed by atoms with Gasteiger partial charge in [0, 0.05) is 12.1 Å². The summed E-state index contributed by atoms with van der Waals surface area (Å²) in [7, 11) is 1.64. The van der Waals surface area contributed by atoms with Gasteiger partial charge in [-0.15, -0.1) is 13.2 Å². The highest BCUT2D eigenvalue weighted by Gasteiger charge is 2.32. The monoisotopic (exact) mass is 439 g/mol. The molecule has 11 heteroatoms. The third kappa shape index (κ3) is 5.23. The third-order valence-corrected chi connectivity index (χ3v) is 4.32. The number of nitrogens with zero attached hydrogens (tertiary/aromatic N) is 2. The number of H-pyrrole nitrogens is 1. The van der Waals surface area contributed by atoms with Crippen molar-refractivity contribution < 1.29 is 31.9 Å². The lowest BCUT2D eigenvalue weighted by atomic mass is 10.2. The number of alkyl halides is 3. The Hall–Kier alpha value is -3.34. The molecule has 1 N–H and O–H groups in total. The zero-order valence-corrected chi connectivity index (χ0v) is 17.0. The topological polar surface area (TPSA) is 97.7 Å². The van der Waals surface area contributed by atoms with Gasteiger partial charge in [0.1, 0.15) is 28.3 Å². The molecule has 1 aromatic carbocycles. The number of ether oxygens (including phenoxy) is 2. The first kappa shape index (κ1) is 22.3. The molecule has 0 atom stereocenters.